The van der Waals surface area contributed by atoms with Crippen LogP contribution >= 0.6 is 23.4 Å². The van der Waals surface area contributed by atoms with Gasteiger partial charge >= 0.3 is 5.69 Å². The van der Waals surface area contributed by atoms with Crippen LogP contribution in [0.5, 0.6) is 0 Å². The van der Waals surface area contributed by atoms with Gasteiger partial charge in [-0.25, -0.2) is 4.79 Å². The number of H-pyrrole nitrogens is 1. The summed E-state index contributed by atoms with van der Waals surface area (Å²) < 4.78 is 1.28. The lowest BCUT2D eigenvalue weighted by atomic mass is 10.1. The van der Waals surface area contributed by atoms with Crippen molar-refractivity contribution < 1.29 is 0 Å². The van der Waals surface area contributed by atoms with Crippen molar-refractivity contribution in [3.05, 3.63) is 31.6 Å². The number of aromatic nitrogens is 2. The molecule has 0 aromatic carbocycles. The number of aromatic amines is 1. The summed E-state index contributed by atoms with van der Waals surface area (Å²) in [5, 5.41) is 0.174. The molecule has 1 aromatic rings. The Labute approximate surface area is 115 Å². The van der Waals surface area contributed by atoms with Gasteiger partial charge in [-0.05, 0) is 31.9 Å². The summed E-state index contributed by atoms with van der Waals surface area (Å²) in [7, 11) is 0. The molecule has 2 heterocycles. The van der Waals surface area contributed by atoms with Crippen LogP contribution in [0.25, 0.3) is 0 Å². The first-order valence-electron chi connectivity index (χ1n) is 6.12. The Balaban J connectivity index is 2.45. The Morgan fingerprint density at radius 3 is 2.78 bits per heavy atom. The van der Waals surface area contributed by atoms with E-state index in [2.05, 4.69) is 11.9 Å². The maximum atomic E-state index is 12.2. The standard InChI is InChI=1S/C12H17ClN2O2S/c1-3-8-9(13)14-11(17)15(10(8)16)7-12(2)5-4-6-18-12/h3-7H2,1-2H3,(H,14,17). The van der Waals surface area contributed by atoms with E-state index in [1.165, 1.54) is 4.57 Å². The summed E-state index contributed by atoms with van der Waals surface area (Å²) in [4.78, 5) is 26.6. The zero-order valence-corrected chi connectivity index (χ0v) is 12.2. The van der Waals surface area contributed by atoms with Gasteiger partial charge in [-0.3, -0.25) is 14.3 Å². The van der Waals surface area contributed by atoms with Crippen LogP contribution in [0.1, 0.15) is 32.3 Å². The molecule has 100 valence electrons. The normalized spacial score (nSPS) is 23.5. The molecule has 1 aliphatic rings. The van der Waals surface area contributed by atoms with E-state index < -0.39 is 5.69 Å². The predicted molar refractivity (Wildman–Crippen MR) is 75.8 cm³/mol. The third-order valence-electron chi connectivity index (χ3n) is 3.38. The van der Waals surface area contributed by atoms with Crippen molar-refractivity contribution in [2.24, 2.45) is 0 Å². The van der Waals surface area contributed by atoms with Crippen molar-refractivity contribution >= 4 is 23.4 Å². The minimum Gasteiger partial charge on any atom is -0.297 e. The maximum Gasteiger partial charge on any atom is 0.329 e. The van der Waals surface area contributed by atoms with Gasteiger partial charge in [0.25, 0.3) is 5.56 Å². The highest BCUT2D eigenvalue weighted by molar-refractivity contribution is 8.00. The number of nitrogens with one attached hydrogen (secondary N) is 1. The second-order valence-corrected chi connectivity index (χ2v) is 6.93. The van der Waals surface area contributed by atoms with Gasteiger partial charge in [-0.15, -0.1) is 0 Å². The van der Waals surface area contributed by atoms with E-state index in [0.29, 0.717) is 18.5 Å². The van der Waals surface area contributed by atoms with E-state index in [1.54, 1.807) is 0 Å². The molecule has 0 bridgehead atoms. The van der Waals surface area contributed by atoms with Gasteiger partial charge in [0, 0.05) is 11.3 Å². The largest absolute Gasteiger partial charge is 0.329 e. The highest BCUT2D eigenvalue weighted by atomic mass is 35.5. The van der Waals surface area contributed by atoms with E-state index in [0.717, 1.165) is 18.6 Å². The van der Waals surface area contributed by atoms with Crippen LogP contribution < -0.4 is 11.2 Å². The lowest BCUT2D eigenvalue weighted by Crippen LogP contribution is -2.42. The maximum absolute atomic E-state index is 12.2. The average molecular weight is 289 g/mol. The van der Waals surface area contributed by atoms with Gasteiger partial charge in [0.1, 0.15) is 5.15 Å². The van der Waals surface area contributed by atoms with Gasteiger partial charge in [-0.1, -0.05) is 18.5 Å². The first-order chi connectivity index (χ1) is 8.47. The molecule has 6 heteroatoms. The fourth-order valence-corrected chi connectivity index (χ4v) is 3.92. The monoisotopic (exact) mass is 288 g/mol. The van der Waals surface area contributed by atoms with Gasteiger partial charge in [-0.2, -0.15) is 11.8 Å². The molecule has 18 heavy (non-hydrogen) atoms. The molecule has 1 aliphatic heterocycles. The lowest BCUT2D eigenvalue weighted by molar-refractivity contribution is 0.482. The summed E-state index contributed by atoms with van der Waals surface area (Å²) in [6.45, 7) is 4.42. The SMILES string of the molecule is CCc1c(Cl)[nH]c(=O)n(CC2(C)CCCS2)c1=O. The quantitative estimate of drug-likeness (QED) is 0.866. The minimum absolute atomic E-state index is 0.0182. The smallest absolute Gasteiger partial charge is 0.297 e. The molecule has 0 aliphatic carbocycles. The van der Waals surface area contributed by atoms with Gasteiger partial charge in [0.2, 0.25) is 0 Å². The number of thioether (sulfide) groups is 1. The Morgan fingerprint density at radius 1 is 1.50 bits per heavy atom. The van der Waals surface area contributed by atoms with Gasteiger partial charge < -0.3 is 0 Å². The second-order valence-electron chi connectivity index (χ2n) is 4.87. The van der Waals surface area contributed by atoms with E-state index in [9.17, 15) is 9.59 Å². The third-order valence-corrected chi connectivity index (χ3v) is 5.22. The number of hydrogen-bond donors (Lipinski definition) is 1. The van der Waals surface area contributed by atoms with Crippen LogP contribution in [0, 0.1) is 0 Å². The molecule has 0 spiro atoms. The molecule has 0 radical (unpaired) electrons. The van der Waals surface area contributed by atoms with E-state index in [1.807, 2.05) is 18.7 Å². The third kappa shape index (κ3) is 2.52. The minimum atomic E-state index is -0.407. The highest BCUT2D eigenvalue weighted by Crippen LogP contribution is 2.38. The van der Waals surface area contributed by atoms with Crippen LogP contribution in [0.2, 0.25) is 5.15 Å². The lowest BCUT2D eigenvalue weighted by Gasteiger charge is -2.23. The predicted octanol–water partition coefficient (Wildman–Crippen LogP) is 2.04. The summed E-state index contributed by atoms with van der Waals surface area (Å²) in [6, 6.07) is 0. The highest BCUT2D eigenvalue weighted by Gasteiger charge is 2.31. The zero-order chi connectivity index (χ0) is 13.3. The Morgan fingerprint density at radius 2 is 2.22 bits per heavy atom. The van der Waals surface area contributed by atoms with E-state index in [-0.39, 0.29) is 15.5 Å². The molecule has 4 nitrogen and oxygen atoms in total. The molecule has 0 saturated carbocycles. The van der Waals surface area contributed by atoms with Crippen LogP contribution in [0.4, 0.5) is 0 Å². The molecule has 1 saturated heterocycles. The first kappa shape index (κ1) is 13.7. The summed E-state index contributed by atoms with van der Waals surface area (Å²) in [5.74, 6) is 1.09. The number of halogens is 1. The topological polar surface area (TPSA) is 54.9 Å². The van der Waals surface area contributed by atoms with Crippen molar-refractivity contribution in [2.75, 3.05) is 5.75 Å². The summed E-state index contributed by atoms with van der Waals surface area (Å²) >= 11 is 7.71. The Bertz CT molecular complexity index is 558. The van der Waals surface area contributed by atoms with Crippen molar-refractivity contribution in [3.8, 4) is 0 Å². The fraction of sp³-hybridized carbons (Fsp3) is 0.667. The van der Waals surface area contributed by atoms with Crippen LogP contribution in [0.3, 0.4) is 0 Å². The van der Waals surface area contributed by atoms with Crippen LogP contribution in [0.15, 0.2) is 9.59 Å². The molecule has 1 N–H and O–H groups in total. The molecule has 1 unspecified atom stereocenters. The van der Waals surface area contributed by atoms with Gasteiger partial charge in [0.05, 0.1) is 5.56 Å². The fourth-order valence-electron chi connectivity index (χ4n) is 2.33. The number of rotatable bonds is 3. The molecular formula is C12H17ClN2O2S. The number of hydrogen-bond acceptors (Lipinski definition) is 3. The number of nitrogens with zero attached hydrogens (tertiary/aromatic N) is 1. The van der Waals surface area contributed by atoms with E-state index in [4.69, 9.17) is 11.6 Å². The van der Waals surface area contributed by atoms with Gasteiger partial charge in [0.15, 0.2) is 0 Å². The van der Waals surface area contributed by atoms with Crippen molar-refractivity contribution in [1.29, 1.82) is 0 Å². The molecule has 1 aromatic heterocycles. The van der Waals surface area contributed by atoms with Crippen LogP contribution in [-0.4, -0.2) is 20.1 Å². The molecule has 1 atom stereocenters. The molecule has 1 fully saturated rings. The molecule has 0 amide bonds. The summed E-state index contributed by atoms with van der Waals surface area (Å²) in [6.07, 6.45) is 2.70. The summed E-state index contributed by atoms with van der Waals surface area (Å²) in [5.41, 5.74) is -0.168. The zero-order valence-electron chi connectivity index (χ0n) is 10.6. The second kappa shape index (κ2) is 5.13. The van der Waals surface area contributed by atoms with Crippen molar-refractivity contribution in [3.63, 3.8) is 0 Å². The Kier molecular flexibility index (Phi) is 3.92. The average Bonchev–Trinajstić information content (AvgIpc) is 2.72. The first-order valence-corrected chi connectivity index (χ1v) is 7.48. The molecular weight excluding hydrogens is 272 g/mol. The molecule has 2 rings (SSSR count). The Hall–Kier alpha value is -0.680. The van der Waals surface area contributed by atoms with Crippen molar-refractivity contribution in [2.45, 2.75) is 44.4 Å². The van der Waals surface area contributed by atoms with Crippen LogP contribution in [-0.2, 0) is 13.0 Å². The van der Waals surface area contributed by atoms with E-state index >= 15 is 0 Å². The van der Waals surface area contributed by atoms with Crippen molar-refractivity contribution in [1.82, 2.24) is 9.55 Å².